The van der Waals surface area contributed by atoms with E-state index in [9.17, 15) is 0 Å². The van der Waals surface area contributed by atoms with Gasteiger partial charge < -0.3 is 10.5 Å². The summed E-state index contributed by atoms with van der Waals surface area (Å²) in [5.41, 5.74) is 9.68. The second kappa shape index (κ2) is 3.37. The van der Waals surface area contributed by atoms with E-state index in [0.29, 0.717) is 6.54 Å². The fraction of sp³-hybridized carbons (Fsp3) is 0.500. The van der Waals surface area contributed by atoms with E-state index in [1.165, 1.54) is 16.7 Å². The van der Waals surface area contributed by atoms with Gasteiger partial charge in [-0.1, -0.05) is 18.2 Å². The summed E-state index contributed by atoms with van der Waals surface area (Å²) in [6, 6.07) is 6.38. The van der Waals surface area contributed by atoms with Crippen LogP contribution in [-0.4, -0.2) is 13.7 Å². The molecule has 76 valence electrons. The molecular weight excluding hydrogens is 174 g/mol. The Balaban J connectivity index is 2.53. The van der Waals surface area contributed by atoms with E-state index >= 15 is 0 Å². The zero-order valence-electron chi connectivity index (χ0n) is 8.84. The molecule has 14 heavy (non-hydrogen) atoms. The van der Waals surface area contributed by atoms with E-state index in [0.717, 1.165) is 12.8 Å². The van der Waals surface area contributed by atoms with Crippen molar-refractivity contribution in [3.05, 3.63) is 34.9 Å². The van der Waals surface area contributed by atoms with Gasteiger partial charge in [0.25, 0.3) is 0 Å². The maximum absolute atomic E-state index is 5.82. The van der Waals surface area contributed by atoms with E-state index in [-0.39, 0.29) is 5.60 Å². The third-order valence-electron chi connectivity index (χ3n) is 3.40. The molecule has 1 aromatic carbocycles. The number of hydrogen-bond acceptors (Lipinski definition) is 2. The van der Waals surface area contributed by atoms with Gasteiger partial charge in [0.2, 0.25) is 0 Å². The van der Waals surface area contributed by atoms with Gasteiger partial charge in [0.15, 0.2) is 0 Å². The number of methoxy groups -OCH3 is 1. The Hall–Kier alpha value is -0.860. The average Bonchev–Trinajstić information content (AvgIpc) is 2.59. The van der Waals surface area contributed by atoms with Crippen molar-refractivity contribution in [2.75, 3.05) is 13.7 Å². The second-order valence-electron chi connectivity index (χ2n) is 4.00. The molecule has 0 amide bonds. The summed E-state index contributed by atoms with van der Waals surface area (Å²) in [5.74, 6) is 0. The molecule has 0 saturated carbocycles. The van der Waals surface area contributed by atoms with Gasteiger partial charge in [-0.15, -0.1) is 0 Å². The maximum Gasteiger partial charge on any atom is 0.105 e. The molecule has 1 aliphatic carbocycles. The molecule has 2 nitrogen and oxygen atoms in total. The van der Waals surface area contributed by atoms with Crippen molar-refractivity contribution >= 4 is 0 Å². The molecule has 0 heterocycles. The molecule has 1 aliphatic rings. The topological polar surface area (TPSA) is 35.2 Å². The van der Waals surface area contributed by atoms with Gasteiger partial charge in [-0.25, -0.2) is 0 Å². The van der Waals surface area contributed by atoms with Crippen LogP contribution in [-0.2, 0) is 16.8 Å². The number of nitrogens with two attached hydrogens (primary N) is 1. The zero-order chi connectivity index (χ0) is 10.2. The predicted octanol–water partition coefficient (Wildman–Crippen LogP) is 1.74. The Kier molecular flexibility index (Phi) is 2.33. The molecule has 1 atom stereocenters. The summed E-state index contributed by atoms with van der Waals surface area (Å²) in [5, 5.41) is 0. The minimum absolute atomic E-state index is 0.221. The van der Waals surface area contributed by atoms with Crippen molar-refractivity contribution in [2.24, 2.45) is 5.73 Å². The standard InChI is InChI=1S/C12H17NO/c1-9-4-3-5-11-10(9)6-7-12(11,8-13)14-2/h3-5H,6-8,13H2,1-2H3. The molecule has 0 aliphatic heterocycles. The van der Waals surface area contributed by atoms with Crippen LogP contribution in [0.3, 0.4) is 0 Å². The third-order valence-corrected chi connectivity index (χ3v) is 3.40. The Morgan fingerprint density at radius 2 is 2.29 bits per heavy atom. The Labute approximate surface area is 85.1 Å². The molecule has 0 aromatic heterocycles. The summed E-state index contributed by atoms with van der Waals surface area (Å²) in [6.45, 7) is 2.72. The van der Waals surface area contributed by atoms with Crippen LogP contribution in [0.2, 0.25) is 0 Å². The highest BCUT2D eigenvalue weighted by atomic mass is 16.5. The van der Waals surface area contributed by atoms with Gasteiger partial charge in [-0.3, -0.25) is 0 Å². The Morgan fingerprint density at radius 1 is 1.50 bits per heavy atom. The number of ether oxygens (including phenoxy) is 1. The molecule has 1 aromatic rings. The van der Waals surface area contributed by atoms with Crippen molar-refractivity contribution < 1.29 is 4.74 Å². The monoisotopic (exact) mass is 191 g/mol. The minimum atomic E-state index is -0.221. The first-order valence-electron chi connectivity index (χ1n) is 5.08. The van der Waals surface area contributed by atoms with Crippen molar-refractivity contribution in [3.63, 3.8) is 0 Å². The summed E-state index contributed by atoms with van der Waals surface area (Å²) in [7, 11) is 1.75. The molecule has 0 spiro atoms. The number of hydrogen-bond donors (Lipinski definition) is 1. The molecule has 1 unspecified atom stereocenters. The zero-order valence-corrected chi connectivity index (χ0v) is 8.84. The Morgan fingerprint density at radius 3 is 2.93 bits per heavy atom. The maximum atomic E-state index is 5.82. The van der Waals surface area contributed by atoms with E-state index in [2.05, 4.69) is 25.1 Å². The molecule has 2 rings (SSSR count). The van der Waals surface area contributed by atoms with Crippen LogP contribution in [0.1, 0.15) is 23.1 Å². The first kappa shape index (κ1) is 9.69. The van der Waals surface area contributed by atoms with E-state index in [1.807, 2.05) is 0 Å². The molecule has 0 bridgehead atoms. The second-order valence-corrected chi connectivity index (χ2v) is 4.00. The van der Waals surface area contributed by atoms with E-state index in [4.69, 9.17) is 10.5 Å². The Bertz CT molecular complexity index is 342. The lowest BCUT2D eigenvalue weighted by molar-refractivity contribution is -0.00514. The lowest BCUT2D eigenvalue weighted by atomic mass is 9.94. The van der Waals surface area contributed by atoms with Crippen molar-refractivity contribution in [1.82, 2.24) is 0 Å². The van der Waals surface area contributed by atoms with Gasteiger partial charge in [-0.2, -0.15) is 0 Å². The predicted molar refractivity (Wildman–Crippen MR) is 57.2 cm³/mol. The van der Waals surface area contributed by atoms with Gasteiger partial charge >= 0.3 is 0 Å². The lowest BCUT2D eigenvalue weighted by Gasteiger charge is -2.27. The largest absolute Gasteiger partial charge is 0.372 e. The van der Waals surface area contributed by atoms with Crippen LogP contribution < -0.4 is 5.73 Å². The van der Waals surface area contributed by atoms with Crippen LogP contribution in [0.4, 0.5) is 0 Å². The molecule has 0 fully saturated rings. The van der Waals surface area contributed by atoms with E-state index < -0.39 is 0 Å². The van der Waals surface area contributed by atoms with Gasteiger partial charge in [0.05, 0.1) is 0 Å². The number of aryl methyl sites for hydroxylation is 1. The van der Waals surface area contributed by atoms with Crippen LogP contribution in [0, 0.1) is 6.92 Å². The molecule has 0 radical (unpaired) electrons. The van der Waals surface area contributed by atoms with E-state index in [1.54, 1.807) is 7.11 Å². The molecule has 2 N–H and O–H groups in total. The SMILES string of the molecule is COC1(CN)CCc2c(C)cccc21. The van der Waals surface area contributed by atoms with Gasteiger partial charge in [0, 0.05) is 13.7 Å². The normalized spacial score (nSPS) is 25.1. The average molecular weight is 191 g/mol. The summed E-state index contributed by atoms with van der Waals surface area (Å²) in [4.78, 5) is 0. The van der Waals surface area contributed by atoms with Crippen LogP contribution in [0.25, 0.3) is 0 Å². The summed E-state index contributed by atoms with van der Waals surface area (Å²) < 4.78 is 5.60. The number of benzene rings is 1. The lowest BCUT2D eigenvalue weighted by Crippen LogP contribution is -2.34. The third kappa shape index (κ3) is 1.18. The molecule has 2 heteroatoms. The van der Waals surface area contributed by atoms with Crippen molar-refractivity contribution in [3.8, 4) is 0 Å². The number of rotatable bonds is 2. The van der Waals surface area contributed by atoms with Gasteiger partial charge in [0.1, 0.15) is 5.60 Å². The minimum Gasteiger partial charge on any atom is -0.372 e. The van der Waals surface area contributed by atoms with Crippen LogP contribution in [0.15, 0.2) is 18.2 Å². The molecular formula is C12H17NO. The molecule has 0 saturated heterocycles. The summed E-state index contributed by atoms with van der Waals surface area (Å²) in [6.07, 6.45) is 2.10. The number of fused-ring (bicyclic) bond motifs is 1. The first-order valence-corrected chi connectivity index (χ1v) is 5.08. The fourth-order valence-electron chi connectivity index (χ4n) is 2.43. The first-order chi connectivity index (χ1) is 6.73. The van der Waals surface area contributed by atoms with Crippen molar-refractivity contribution in [1.29, 1.82) is 0 Å². The van der Waals surface area contributed by atoms with Crippen LogP contribution >= 0.6 is 0 Å². The van der Waals surface area contributed by atoms with Gasteiger partial charge in [-0.05, 0) is 36.5 Å². The smallest absolute Gasteiger partial charge is 0.105 e. The quantitative estimate of drug-likeness (QED) is 0.772. The van der Waals surface area contributed by atoms with Crippen molar-refractivity contribution in [2.45, 2.75) is 25.4 Å². The highest BCUT2D eigenvalue weighted by molar-refractivity contribution is 5.42. The van der Waals surface area contributed by atoms with Crippen LogP contribution in [0.5, 0.6) is 0 Å². The highest BCUT2D eigenvalue weighted by Crippen LogP contribution is 2.39. The fourth-order valence-corrected chi connectivity index (χ4v) is 2.43. The highest BCUT2D eigenvalue weighted by Gasteiger charge is 2.37. The summed E-state index contributed by atoms with van der Waals surface area (Å²) >= 11 is 0.